The van der Waals surface area contributed by atoms with Gasteiger partial charge in [0.2, 0.25) is 0 Å². The lowest BCUT2D eigenvalue weighted by molar-refractivity contribution is 0.163. The summed E-state index contributed by atoms with van der Waals surface area (Å²) in [7, 11) is 3.58. The van der Waals surface area contributed by atoms with E-state index >= 15 is 0 Å². The summed E-state index contributed by atoms with van der Waals surface area (Å²) in [6.45, 7) is 3.36. The van der Waals surface area contributed by atoms with E-state index in [-0.39, 0.29) is 0 Å². The normalized spacial score (nSPS) is 10.6. The van der Waals surface area contributed by atoms with Crippen LogP contribution in [0.5, 0.6) is 0 Å². The SMILES string of the molecule is CNCc1cc(COC)oc1C. The molecule has 0 radical (unpaired) electrons. The number of ether oxygens (including phenoxy) is 1. The number of rotatable bonds is 4. The summed E-state index contributed by atoms with van der Waals surface area (Å²) in [4.78, 5) is 0. The molecule has 1 aromatic rings. The van der Waals surface area contributed by atoms with Gasteiger partial charge in [-0.15, -0.1) is 0 Å². The number of hydrogen-bond donors (Lipinski definition) is 1. The number of methoxy groups -OCH3 is 1. The molecule has 0 amide bonds. The van der Waals surface area contributed by atoms with Crippen LogP contribution in [0.25, 0.3) is 0 Å². The first-order valence-corrected chi connectivity index (χ1v) is 3.99. The summed E-state index contributed by atoms with van der Waals surface area (Å²) in [6, 6.07) is 2.02. The van der Waals surface area contributed by atoms with Crippen molar-refractivity contribution in [1.29, 1.82) is 0 Å². The molecule has 0 aliphatic heterocycles. The first-order chi connectivity index (χ1) is 5.77. The molecule has 1 rings (SSSR count). The van der Waals surface area contributed by atoms with Gasteiger partial charge in [0.15, 0.2) is 0 Å². The molecule has 0 unspecified atom stereocenters. The van der Waals surface area contributed by atoms with Gasteiger partial charge in [-0.05, 0) is 20.0 Å². The van der Waals surface area contributed by atoms with Gasteiger partial charge in [0, 0.05) is 19.2 Å². The first kappa shape index (κ1) is 9.29. The highest BCUT2D eigenvalue weighted by Gasteiger charge is 2.05. The van der Waals surface area contributed by atoms with Gasteiger partial charge in [0.25, 0.3) is 0 Å². The molecule has 1 heterocycles. The van der Waals surface area contributed by atoms with Crippen molar-refractivity contribution < 1.29 is 9.15 Å². The second-order valence-corrected chi connectivity index (χ2v) is 2.76. The fraction of sp³-hybridized carbons (Fsp3) is 0.556. The predicted octanol–water partition coefficient (Wildman–Crippen LogP) is 1.45. The molecule has 0 atom stereocenters. The largest absolute Gasteiger partial charge is 0.464 e. The molecule has 12 heavy (non-hydrogen) atoms. The molecule has 0 saturated heterocycles. The van der Waals surface area contributed by atoms with Crippen LogP contribution in [0.1, 0.15) is 17.1 Å². The highest BCUT2D eigenvalue weighted by molar-refractivity contribution is 5.20. The van der Waals surface area contributed by atoms with Gasteiger partial charge in [-0.3, -0.25) is 0 Å². The minimum absolute atomic E-state index is 0.546. The molecule has 0 aliphatic carbocycles. The molecule has 0 fully saturated rings. The number of aryl methyl sites for hydroxylation is 1. The van der Waals surface area contributed by atoms with Crippen LogP contribution in [0, 0.1) is 6.92 Å². The maximum Gasteiger partial charge on any atom is 0.130 e. The van der Waals surface area contributed by atoms with E-state index in [9.17, 15) is 0 Å². The second-order valence-electron chi connectivity index (χ2n) is 2.76. The maximum atomic E-state index is 5.44. The van der Waals surface area contributed by atoms with E-state index in [1.54, 1.807) is 7.11 Å². The van der Waals surface area contributed by atoms with Gasteiger partial charge >= 0.3 is 0 Å². The van der Waals surface area contributed by atoms with Crippen molar-refractivity contribution in [3.05, 3.63) is 23.2 Å². The van der Waals surface area contributed by atoms with Crippen LogP contribution in [0.3, 0.4) is 0 Å². The van der Waals surface area contributed by atoms with Crippen molar-refractivity contribution in [3.63, 3.8) is 0 Å². The van der Waals surface area contributed by atoms with E-state index in [2.05, 4.69) is 5.32 Å². The van der Waals surface area contributed by atoms with Crippen LogP contribution in [0.15, 0.2) is 10.5 Å². The van der Waals surface area contributed by atoms with Crippen molar-refractivity contribution in [2.45, 2.75) is 20.1 Å². The Hall–Kier alpha value is -0.800. The summed E-state index contributed by atoms with van der Waals surface area (Å²) < 4.78 is 10.4. The summed E-state index contributed by atoms with van der Waals surface area (Å²) >= 11 is 0. The minimum Gasteiger partial charge on any atom is -0.464 e. The zero-order chi connectivity index (χ0) is 8.97. The molecule has 1 N–H and O–H groups in total. The molecule has 0 bridgehead atoms. The van der Waals surface area contributed by atoms with E-state index < -0.39 is 0 Å². The van der Waals surface area contributed by atoms with Crippen LogP contribution < -0.4 is 5.32 Å². The predicted molar refractivity (Wildman–Crippen MR) is 46.9 cm³/mol. The molecule has 0 saturated carbocycles. The van der Waals surface area contributed by atoms with Crippen LogP contribution in [-0.2, 0) is 17.9 Å². The average molecular weight is 169 g/mol. The number of furan rings is 1. The van der Waals surface area contributed by atoms with Gasteiger partial charge in [-0.25, -0.2) is 0 Å². The third-order valence-corrected chi connectivity index (χ3v) is 1.73. The first-order valence-electron chi connectivity index (χ1n) is 3.99. The standard InChI is InChI=1S/C9H15NO2/c1-7-8(5-10-2)4-9(12-7)6-11-3/h4,10H,5-6H2,1-3H3. The quantitative estimate of drug-likeness (QED) is 0.740. The van der Waals surface area contributed by atoms with Crippen molar-refractivity contribution >= 4 is 0 Å². The van der Waals surface area contributed by atoms with E-state index in [0.29, 0.717) is 6.61 Å². The van der Waals surface area contributed by atoms with Crippen LogP contribution in [0.2, 0.25) is 0 Å². The summed E-state index contributed by atoms with van der Waals surface area (Å²) in [5.41, 5.74) is 1.20. The molecule has 0 aromatic carbocycles. The van der Waals surface area contributed by atoms with Crippen molar-refractivity contribution in [2.75, 3.05) is 14.2 Å². The van der Waals surface area contributed by atoms with Gasteiger partial charge in [0.1, 0.15) is 18.1 Å². The third kappa shape index (κ3) is 2.09. The summed E-state index contributed by atoms with van der Waals surface area (Å²) in [6.07, 6.45) is 0. The molecule has 0 spiro atoms. The Morgan fingerprint density at radius 2 is 2.33 bits per heavy atom. The lowest BCUT2D eigenvalue weighted by Gasteiger charge is -1.93. The fourth-order valence-corrected chi connectivity index (χ4v) is 1.17. The zero-order valence-corrected chi connectivity index (χ0v) is 7.81. The average Bonchev–Trinajstić information content (AvgIpc) is 2.34. The van der Waals surface area contributed by atoms with Crippen molar-refractivity contribution in [1.82, 2.24) is 5.32 Å². The van der Waals surface area contributed by atoms with E-state index in [0.717, 1.165) is 18.1 Å². The van der Waals surface area contributed by atoms with Crippen molar-refractivity contribution in [3.8, 4) is 0 Å². The topological polar surface area (TPSA) is 34.4 Å². The Morgan fingerprint density at radius 1 is 1.58 bits per heavy atom. The highest BCUT2D eigenvalue weighted by Crippen LogP contribution is 2.14. The van der Waals surface area contributed by atoms with Gasteiger partial charge in [-0.1, -0.05) is 0 Å². The molecule has 3 nitrogen and oxygen atoms in total. The molecule has 0 aliphatic rings. The molecular weight excluding hydrogens is 154 g/mol. The van der Waals surface area contributed by atoms with Gasteiger partial charge in [-0.2, -0.15) is 0 Å². The van der Waals surface area contributed by atoms with Crippen LogP contribution in [0.4, 0.5) is 0 Å². The lowest BCUT2D eigenvalue weighted by atomic mass is 10.2. The third-order valence-electron chi connectivity index (χ3n) is 1.73. The number of nitrogens with one attached hydrogen (secondary N) is 1. The minimum atomic E-state index is 0.546. The Bertz CT molecular complexity index is 243. The lowest BCUT2D eigenvalue weighted by Crippen LogP contribution is -2.04. The van der Waals surface area contributed by atoms with E-state index in [4.69, 9.17) is 9.15 Å². The van der Waals surface area contributed by atoms with E-state index in [1.807, 2.05) is 20.0 Å². The monoisotopic (exact) mass is 169 g/mol. The Kier molecular flexibility index (Phi) is 3.31. The van der Waals surface area contributed by atoms with Crippen LogP contribution >= 0.6 is 0 Å². The van der Waals surface area contributed by atoms with Gasteiger partial charge < -0.3 is 14.5 Å². The van der Waals surface area contributed by atoms with E-state index in [1.165, 1.54) is 5.56 Å². The molecule has 68 valence electrons. The Morgan fingerprint density at radius 3 is 2.92 bits per heavy atom. The molecule has 3 heteroatoms. The summed E-state index contributed by atoms with van der Waals surface area (Å²) in [5.74, 6) is 1.86. The number of hydrogen-bond acceptors (Lipinski definition) is 3. The van der Waals surface area contributed by atoms with Crippen molar-refractivity contribution in [2.24, 2.45) is 0 Å². The fourth-order valence-electron chi connectivity index (χ4n) is 1.17. The summed E-state index contributed by atoms with van der Waals surface area (Å²) in [5, 5.41) is 3.08. The second kappa shape index (κ2) is 4.28. The zero-order valence-electron chi connectivity index (χ0n) is 7.81. The molecular formula is C9H15NO2. The van der Waals surface area contributed by atoms with Crippen LogP contribution in [-0.4, -0.2) is 14.2 Å². The maximum absolute atomic E-state index is 5.44. The molecule has 1 aromatic heterocycles. The Balaban J connectivity index is 2.70. The highest BCUT2D eigenvalue weighted by atomic mass is 16.5. The smallest absolute Gasteiger partial charge is 0.130 e. The van der Waals surface area contributed by atoms with Gasteiger partial charge in [0.05, 0.1) is 0 Å². The Labute approximate surface area is 72.7 Å².